The Balaban J connectivity index is 2.10. The standard InChI is InChI=1S/C17H21F3N2O3/c1-11(23)21-15-10-22(16(24)7-8-17(18,19)20)9-14(15)12-3-5-13(25-2)6-4-12/h3-6,14-15H,7-10H2,1-2H3,(H,21,23). The highest BCUT2D eigenvalue weighted by molar-refractivity contribution is 5.77. The Labute approximate surface area is 144 Å². The van der Waals surface area contributed by atoms with Gasteiger partial charge in [0.1, 0.15) is 5.75 Å². The molecule has 1 aliphatic rings. The molecule has 0 saturated carbocycles. The van der Waals surface area contributed by atoms with Crippen molar-refractivity contribution in [3.63, 3.8) is 0 Å². The second kappa shape index (κ2) is 7.76. The van der Waals surface area contributed by atoms with Crippen molar-refractivity contribution in [1.82, 2.24) is 10.2 Å². The summed E-state index contributed by atoms with van der Waals surface area (Å²) < 4.78 is 42.1. The fourth-order valence-corrected chi connectivity index (χ4v) is 3.01. The number of hydrogen-bond acceptors (Lipinski definition) is 3. The van der Waals surface area contributed by atoms with Crippen LogP contribution >= 0.6 is 0 Å². The molecule has 0 aliphatic carbocycles. The van der Waals surface area contributed by atoms with Crippen molar-refractivity contribution in [3.05, 3.63) is 29.8 Å². The first-order valence-corrected chi connectivity index (χ1v) is 7.95. The molecule has 2 rings (SSSR count). The molecule has 0 spiro atoms. The monoisotopic (exact) mass is 358 g/mol. The number of rotatable bonds is 5. The van der Waals surface area contributed by atoms with Crippen molar-refractivity contribution in [1.29, 1.82) is 0 Å². The molecule has 1 fully saturated rings. The highest BCUT2D eigenvalue weighted by Gasteiger charge is 2.37. The lowest BCUT2D eigenvalue weighted by molar-refractivity contribution is -0.148. The lowest BCUT2D eigenvalue weighted by atomic mass is 9.94. The normalized spacial score (nSPS) is 20.4. The molecule has 1 aromatic carbocycles. The third-order valence-corrected chi connectivity index (χ3v) is 4.23. The molecule has 1 N–H and O–H groups in total. The van der Waals surface area contributed by atoms with Crippen LogP contribution in [0.15, 0.2) is 24.3 Å². The van der Waals surface area contributed by atoms with E-state index in [1.54, 1.807) is 19.2 Å². The van der Waals surface area contributed by atoms with E-state index in [0.717, 1.165) is 5.56 Å². The van der Waals surface area contributed by atoms with Gasteiger partial charge in [-0.1, -0.05) is 12.1 Å². The molecule has 8 heteroatoms. The number of halogens is 3. The van der Waals surface area contributed by atoms with E-state index in [1.165, 1.54) is 11.8 Å². The van der Waals surface area contributed by atoms with E-state index >= 15 is 0 Å². The average molecular weight is 358 g/mol. The summed E-state index contributed by atoms with van der Waals surface area (Å²) in [4.78, 5) is 24.9. The Morgan fingerprint density at radius 3 is 2.40 bits per heavy atom. The Hall–Kier alpha value is -2.25. The Bertz CT molecular complexity index is 617. The number of alkyl halides is 3. The first kappa shape index (κ1) is 19.1. The Morgan fingerprint density at radius 1 is 1.24 bits per heavy atom. The van der Waals surface area contributed by atoms with Gasteiger partial charge in [-0.25, -0.2) is 0 Å². The first-order chi connectivity index (χ1) is 11.7. The van der Waals surface area contributed by atoms with Gasteiger partial charge in [0.15, 0.2) is 0 Å². The lowest BCUT2D eigenvalue weighted by Gasteiger charge is -2.19. The highest BCUT2D eigenvalue weighted by atomic mass is 19.4. The highest BCUT2D eigenvalue weighted by Crippen LogP contribution is 2.30. The minimum Gasteiger partial charge on any atom is -0.497 e. The Kier molecular flexibility index (Phi) is 5.92. The molecule has 25 heavy (non-hydrogen) atoms. The number of amides is 2. The number of carbonyl (C=O) groups is 2. The predicted molar refractivity (Wildman–Crippen MR) is 85.2 cm³/mol. The third kappa shape index (κ3) is 5.37. The maximum absolute atomic E-state index is 12.3. The quantitative estimate of drug-likeness (QED) is 0.880. The number of ether oxygens (including phenoxy) is 1. The summed E-state index contributed by atoms with van der Waals surface area (Å²) in [5.41, 5.74) is 0.894. The van der Waals surface area contributed by atoms with Gasteiger partial charge >= 0.3 is 6.18 Å². The van der Waals surface area contributed by atoms with Gasteiger partial charge in [0, 0.05) is 32.4 Å². The summed E-state index contributed by atoms with van der Waals surface area (Å²) in [6.07, 6.45) is -6.08. The molecule has 0 radical (unpaired) electrons. The second-order valence-electron chi connectivity index (χ2n) is 6.10. The number of nitrogens with one attached hydrogen (secondary N) is 1. The van der Waals surface area contributed by atoms with Crippen molar-refractivity contribution in [3.8, 4) is 5.75 Å². The summed E-state index contributed by atoms with van der Waals surface area (Å²) in [6, 6.07) is 6.88. The van der Waals surface area contributed by atoms with Crippen molar-refractivity contribution in [2.75, 3.05) is 20.2 Å². The van der Waals surface area contributed by atoms with Crippen LogP contribution in [-0.2, 0) is 9.59 Å². The maximum atomic E-state index is 12.3. The van der Waals surface area contributed by atoms with Crippen LogP contribution in [0.2, 0.25) is 0 Å². The van der Waals surface area contributed by atoms with E-state index < -0.39 is 24.9 Å². The second-order valence-corrected chi connectivity index (χ2v) is 6.10. The van der Waals surface area contributed by atoms with Gasteiger partial charge in [-0.2, -0.15) is 13.2 Å². The van der Waals surface area contributed by atoms with Crippen LogP contribution in [0.5, 0.6) is 5.75 Å². The van der Waals surface area contributed by atoms with Crippen LogP contribution in [0, 0.1) is 0 Å². The van der Waals surface area contributed by atoms with E-state index in [9.17, 15) is 22.8 Å². The van der Waals surface area contributed by atoms with Gasteiger partial charge in [-0.05, 0) is 17.7 Å². The molecule has 5 nitrogen and oxygen atoms in total. The summed E-state index contributed by atoms with van der Waals surface area (Å²) in [6.45, 7) is 1.85. The van der Waals surface area contributed by atoms with E-state index in [-0.39, 0.29) is 31.0 Å². The van der Waals surface area contributed by atoms with Crippen LogP contribution in [0.1, 0.15) is 31.2 Å². The van der Waals surface area contributed by atoms with Gasteiger partial charge in [-0.15, -0.1) is 0 Å². The number of hydrogen-bond donors (Lipinski definition) is 1. The largest absolute Gasteiger partial charge is 0.497 e. The lowest BCUT2D eigenvalue weighted by Crippen LogP contribution is -2.39. The molecule has 2 atom stereocenters. The molecule has 1 aromatic rings. The smallest absolute Gasteiger partial charge is 0.389 e. The van der Waals surface area contributed by atoms with Crippen molar-refractivity contribution in [2.24, 2.45) is 0 Å². The minimum atomic E-state index is -4.36. The van der Waals surface area contributed by atoms with Gasteiger partial charge in [0.2, 0.25) is 11.8 Å². The summed E-state index contributed by atoms with van der Waals surface area (Å²) in [5, 5.41) is 2.79. The summed E-state index contributed by atoms with van der Waals surface area (Å²) in [5.74, 6) is -0.294. The van der Waals surface area contributed by atoms with Crippen LogP contribution < -0.4 is 10.1 Å². The van der Waals surface area contributed by atoms with Gasteiger partial charge < -0.3 is 15.0 Å². The number of carbonyl (C=O) groups excluding carboxylic acids is 2. The number of benzene rings is 1. The van der Waals surface area contributed by atoms with Gasteiger partial charge in [0.25, 0.3) is 0 Å². The van der Waals surface area contributed by atoms with Crippen LogP contribution in [-0.4, -0.2) is 49.1 Å². The van der Waals surface area contributed by atoms with Gasteiger partial charge in [0.05, 0.1) is 19.6 Å². The topological polar surface area (TPSA) is 58.6 Å². The average Bonchev–Trinajstić information content (AvgIpc) is 2.95. The van der Waals surface area contributed by atoms with Gasteiger partial charge in [-0.3, -0.25) is 9.59 Å². The van der Waals surface area contributed by atoms with E-state index in [0.29, 0.717) is 5.75 Å². The van der Waals surface area contributed by atoms with Crippen molar-refractivity contribution >= 4 is 11.8 Å². The van der Waals surface area contributed by atoms with Crippen LogP contribution in [0.25, 0.3) is 0 Å². The number of methoxy groups -OCH3 is 1. The van der Waals surface area contributed by atoms with Crippen molar-refractivity contribution in [2.45, 2.75) is 37.9 Å². The third-order valence-electron chi connectivity index (χ3n) is 4.23. The molecule has 2 unspecified atom stereocenters. The van der Waals surface area contributed by atoms with Crippen molar-refractivity contribution < 1.29 is 27.5 Å². The number of nitrogens with zero attached hydrogens (tertiary/aromatic N) is 1. The van der Waals surface area contributed by atoms with Crippen LogP contribution in [0.4, 0.5) is 13.2 Å². The van der Waals surface area contributed by atoms with E-state index in [4.69, 9.17) is 4.74 Å². The van der Waals surface area contributed by atoms with E-state index in [2.05, 4.69) is 5.32 Å². The molecule has 1 heterocycles. The predicted octanol–water partition coefficient (Wildman–Crippen LogP) is 2.47. The maximum Gasteiger partial charge on any atom is 0.389 e. The zero-order chi connectivity index (χ0) is 18.6. The van der Waals surface area contributed by atoms with Crippen LogP contribution in [0.3, 0.4) is 0 Å². The molecule has 1 aliphatic heterocycles. The Morgan fingerprint density at radius 2 is 1.88 bits per heavy atom. The molecular weight excluding hydrogens is 337 g/mol. The summed E-state index contributed by atoms with van der Waals surface area (Å²) in [7, 11) is 1.55. The molecule has 0 aromatic heterocycles. The molecule has 0 bridgehead atoms. The molecule has 138 valence electrons. The zero-order valence-electron chi connectivity index (χ0n) is 14.1. The minimum absolute atomic E-state index is 0.176. The van der Waals surface area contributed by atoms with E-state index in [1.807, 2.05) is 12.1 Å². The molecule has 2 amide bonds. The zero-order valence-corrected chi connectivity index (χ0v) is 14.1. The molecular formula is C17H21F3N2O3. The summed E-state index contributed by atoms with van der Waals surface area (Å²) >= 11 is 0. The fourth-order valence-electron chi connectivity index (χ4n) is 3.01. The fraction of sp³-hybridized carbons (Fsp3) is 0.529. The SMILES string of the molecule is COc1ccc(C2CN(C(=O)CCC(F)(F)F)CC2NC(C)=O)cc1. The molecule has 1 saturated heterocycles. The number of likely N-dealkylation sites (tertiary alicyclic amines) is 1. The first-order valence-electron chi connectivity index (χ1n) is 7.95.